The van der Waals surface area contributed by atoms with Crippen molar-refractivity contribution in [1.29, 1.82) is 0 Å². The molecule has 0 N–H and O–H groups in total. The molecule has 1 atom stereocenters. The van der Waals surface area contributed by atoms with Crippen molar-refractivity contribution in [1.82, 2.24) is 29.4 Å². The van der Waals surface area contributed by atoms with Gasteiger partial charge in [0.2, 0.25) is 0 Å². The van der Waals surface area contributed by atoms with Gasteiger partial charge in [-0.25, -0.2) is 0 Å². The standard InChI is InChI=1S/C19H24N6O/c1-3-24-13-20-21-17(24)11-10-14-7-6-12-25(14)19(26)18-15-8-4-5-9-16(15)23(2)22-18/h4-5,8-9,13-14H,3,6-7,10-12H2,1-2H3. The molecule has 0 bridgehead atoms. The van der Waals surface area contributed by atoms with Gasteiger partial charge >= 0.3 is 0 Å². The minimum atomic E-state index is 0.0428. The SMILES string of the molecule is CCn1cnnc1CCC1CCCN1C(=O)c1nn(C)c2ccccc12. The van der Waals surface area contributed by atoms with Crippen molar-refractivity contribution >= 4 is 16.8 Å². The molecule has 0 spiro atoms. The number of hydrogen-bond acceptors (Lipinski definition) is 4. The van der Waals surface area contributed by atoms with Crippen LogP contribution in [0.5, 0.6) is 0 Å². The Balaban J connectivity index is 1.53. The third-order valence-electron chi connectivity index (χ3n) is 5.34. The van der Waals surface area contributed by atoms with Crippen LogP contribution in [0.3, 0.4) is 0 Å². The molecule has 136 valence electrons. The number of carbonyl (C=O) groups is 1. The first-order valence-electron chi connectivity index (χ1n) is 9.28. The zero-order valence-electron chi connectivity index (χ0n) is 15.3. The first kappa shape index (κ1) is 16.8. The highest BCUT2D eigenvalue weighted by Crippen LogP contribution is 2.26. The van der Waals surface area contributed by atoms with Crippen LogP contribution in [0.2, 0.25) is 0 Å². The summed E-state index contributed by atoms with van der Waals surface area (Å²) in [6.45, 7) is 3.76. The molecule has 3 heterocycles. The second-order valence-electron chi connectivity index (χ2n) is 6.86. The number of aromatic nitrogens is 5. The molecule has 1 unspecified atom stereocenters. The molecule has 1 saturated heterocycles. The van der Waals surface area contributed by atoms with E-state index in [-0.39, 0.29) is 11.9 Å². The topological polar surface area (TPSA) is 68.8 Å². The monoisotopic (exact) mass is 352 g/mol. The van der Waals surface area contributed by atoms with Gasteiger partial charge in [0.25, 0.3) is 5.91 Å². The van der Waals surface area contributed by atoms with Crippen molar-refractivity contribution in [2.75, 3.05) is 6.54 Å². The Hall–Kier alpha value is -2.70. The molecule has 7 heteroatoms. The minimum Gasteiger partial charge on any atom is -0.334 e. The van der Waals surface area contributed by atoms with E-state index in [0.717, 1.165) is 55.5 Å². The third kappa shape index (κ3) is 2.87. The normalized spacial score (nSPS) is 17.3. The molecule has 1 amide bonds. The van der Waals surface area contributed by atoms with E-state index in [1.54, 1.807) is 11.0 Å². The molecule has 7 nitrogen and oxygen atoms in total. The van der Waals surface area contributed by atoms with Gasteiger partial charge in [-0.1, -0.05) is 18.2 Å². The summed E-state index contributed by atoms with van der Waals surface area (Å²) in [5.74, 6) is 1.04. The number of aryl methyl sites for hydroxylation is 3. The number of fused-ring (bicyclic) bond motifs is 1. The smallest absolute Gasteiger partial charge is 0.275 e. The van der Waals surface area contributed by atoms with Crippen LogP contribution in [0.1, 0.15) is 42.5 Å². The zero-order chi connectivity index (χ0) is 18.1. The van der Waals surface area contributed by atoms with Crippen molar-refractivity contribution in [3.8, 4) is 0 Å². The number of hydrogen-bond donors (Lipinski definition) is 0. The summed E-state index contributed by atoms with van der Waals surface area (Å²) in [5, 5.41) is 13.6. The molecule has 1 aliphatic heterocycles. The summed E-state index contributed by atoms with van der Waals surface area (Å²) in [6, 6.07) is 8.15. The van der Waals surface area contributed by atoms with Crippen LogP contribution in [0, 0.1) is 0 Å². The second kappa shape index (κ2) is 6.90. The molecule has 0 saturated carbocycles. The Morgan fingerprint density at radius 2 is 2.15 bits per heavy atom. The molecule has 0 aliphatic carbocycles. The van der Waals surface area contributed by atoms with Crippen molar-refractivity contribution < 1.29 is 4.79 Å². The van der Waals surface area contributed by atoms with Crippen LogP contribution in [0.15, 0.2) is 30.6 Å². The van der Waals surface area contributed by atoms with Gasteiger partial charge in [-0.2, -0.15) is 5.10 Å². The highest BCUT2D eigenvalue weighted by atomic mass is 16.2. The number of benzene rings is 1. The number of para-hydroxylation sites is 1. The van der Waals surface area contributed by atoms with E-state index in [1.807, 2.05) is 36.2 Å². The van der Waals surface area contributed by atoms with Crippen LogP contribution < -0.4 is 0 Å². The molecule has 1 fully saturated rings. The van der Waals surface area contributed by atoms with Gasteiger partial charge in [0.05, 0.1) is 5.52 Å². The zero-order valence-corrected chi connectivity index (χ0v) is 15.3. The van der Waals surface area contributed by atoms with E-state index in [4.69, 9.17) is 0 Å². The summed E-state index contributed by atoms with van der Waals surface area (Å²) in [6.07, 6.45) is 5.60. The molecule has 3 aromatic rings. The van der Waals surface area contributed by atoms with Gasteiger partial charge < -0.3 is 9.47 Å². The van der Waals surface area contributed by atoms with E-state index >= 15 is 0 Å². The fourth-order valence-corrected chi connectivity index (χ4v) is 3.94. The maximum Gasteiger partial charge on any atom is 0.275 e. The number of rotatable bonds is 5. The lowest BCUT2D eigenvalue weighted by atomic mass is 10.1. The molecule has 0 radical (unpaired) electrons. The lowest BCUT2D eigenvalue weighted by molar-refractivity contribution is 0.0725. The maximum absolute atomic E-state index is 13.2. The molecule has 26 heavy (non-hydrogen) atoms. The van der Waals surface area contributed by atoms with Crippen LogP contribution >= 0.6 is 0 Å². The van der Waals surface area contributed by atoms with Crippen LogP contribution in [0.4, 0.5) is 0 Å². The van der Waals surface area contributed by atoms with Gasteiger partial charge in [-0.05, 0) is 32.3 Å². The first-order valence-corrected chi connectivity index (χ1v) is 9.28. The molecule has 4 rings (SSSR count). The summed E-state index contributed by atoms with van der Waals surface area (Å²) >= 11 is 0. The number of nitrogens with zero attached hydrogens (tertiary/aromatic N) is 6. The van der Waals surface area contributed by atoms with Gasteiger partial charge in [-0.15, -0.1) is 10.2 Å². The lowest BCUT2D eigenvalue weighted by Gasteiger charge is -2.24. The molecule has 2 aromatic heterocycles. The fraction of sp³-hybridized carbons (Fsp3) is 0.474. The van der Waals surface area contributed by atoms with Gasteiger partial charge in [0, 0.05) is 38.0 Å². The Bertz CT molecular complexity index is 927. The molecule has 1 aromatic carbocycles. The van der Waals surface area contributed by atoms with E-state index < -0.39 is 0 Å². The number of likely N-dealkylation sites (tertiary alicyclic amines) is 1. The summed E-state index contributed by atoms with van der Waals surface area (Å²) < 4.78 is 3.85. The third-order valence-corrected chi connectivity index (χ3v) is 5.34. The Labute approximate surface area is 152 Å². The average molecular weight is 352 g/mol. The molecular weight excluding hydrogens is 328 g/mol. The molecular formula is C19H24N6O. The predicted octanol–water partition coefficient (Wildman–Crippen LogP) is 2.42. The summed E-state index contributed by atoms with van der Waals surface area (Å²) in [4.78, 5) is 15.2. The van der Waals surface area contributed by atoms with Crippen molar-refractivity contribution in [2.45, 2.75) is 45.2 Å². The Kier molecular flexibility index (Phi) is 4.44. The maximum atomic E-state index is 13.2. The van der Waals surface area contributed by atoms with Crippen molar-refractivity contribution in [2.24, 2.45) is 7.05 Å². The number of amides is 1. The van der Waals surface area contributed by atoms with Gasteiger partial charge in [0.1, 0.15) is 12.2 Å². The van der Waals surface area contributed by atoms with E-state index in [9.17, 15) is 4.79 Å². The summed E-state index contributed by atoms with van der Waals surface area (Å²) in [7, 11) is 1.89. The summed E-state index contributed by atoms with van der Waals surface area (Å²) in [5.41, 5.74) is 1.55. The van der Waals surface area contributed by atoms with E-state index in [1.165, 1.54) is 0 Å². The highest BCUT2D eigenvalue weighted by molar-refractivity contribution is 6.05. The average Bonchev–Trinajstić information content (AvgIpc) is 3.38. The van der Waals surface area contributed by atoms with Gasteiger partial charge in [-0.3, -0.25) is 9.48 Å². The van der Waals surface area contributed by atoms with Crippen LogP contribution in [-0.2, 0) is 20.0 Å². The van der Waals surface area contributed by atoms with Crippen LogP contribution in [0.25, 0.3) is 10.9 Å². The highest BCUT2D eigenvalue weighted by Gasteiger charge is 2.31. The minimum absolute atomic E-state index is 0.0428. The van der Waals surface area contributed by atoms with Crippen LogP contribution in [-0.4, -0.2) is 47.9 Å². The van der Waals surface area contributed by atoms with E-state index in [2.05, 4.69) is 26.8 Å². The predicted molar refractivity (Wildman–Crippen MR) is 98.8 cm³/mol. The Morgan fingerprint density at radius 1 is 1.31 bits per heavy atom. The fourth-order valence-electron chi connectivity index (χ4n) is 3.94. The van der Waals surface area contributed by atoms with Crippen molar-refractivity contribution in [3.63, 3.8) is 0 Å². The Morgan fingerprint density at radius 3 is 3.00 bits per heavy atom. The van der Waals surface area contributed by atoms with Crippen molar-refractivity contribution in [3.05, 3.63) is 42.1 Å². The first-order chi connectivity index (χ1) is 12.7. The largest absolute Gasteiger partial charge is 0.334 e. The van der Waals surface area contributed by atoms with Gasteiger partial charge in [0.15, 0.2) is 5.69 Å². The quantitative estimate of drug-likeness (QED) is 0.707. The lowest BCUT2D eigenvalue weighted by Crippen LogP contribution is -2.36. The number of carbonyl (C=O) groups excluding carboxylic acids is 1. The second-order valence-corrected chi connectivity index (χ2v) is 6.86. The molecule has 1 aliphatic rings. The van der Waals surface area contributed by atoms with E-state index in [0.29, 0.717) is 5.69 Å².